The molecule has 3 N–H and O–H groups in total. The molecule has 0 aromatic heterocycles. The fourth-order valence-electron chi connectivity index (χ4n) is 2.00. The Labute approximate surface area is 85.2 Å². The first-order chi connectivity index (χ1) is 6.70. The van der Waals surface area contributed by atoms with Crippen molar-refractivity contribution in [1.29, 1.82) is 0 Å². The molecule has 4 heteroatoms. The van der Waals surface area contributed by atoms with Gasteiger partial charge in [-0.05, 0) is 13.0 Å². The van der Waals surface area contributed by atoms with Crippen molar-refractivity contribution in [3.05, 3.63) is 0 Å². The van der Waals surface area contributed by atoms with E-state index >= 15 is 0 Å². The third-order valence-electron chi connectivity index (χ3n) is 2.91. The van der Waals surface area contributed by atoms with Gasteiger partial charge in [0, 0.05) is 6.54 Å². The van der Waals surface area contributed by atoms with Crippen LogP contribution < -0.4 is 0 Å². The maximum Gasteiger partial charge on any atom is 0.0988 e. The van der Waals surface area contributed by atoms with E-state index in [9.17, 15) is 10.2 Å². The van der Waals surface area contributed by atoms with Gasteiger partial charge in [-0.15, -0.1) is 0 Å². The number of hydrogen-bond acceptors (Lipinski definition) is 4. The molecule has 0 unspecified atom stereocenters. The lowest BCUT2D eigenvalue weighted by Gasteiger charge is -2.23. The molecule has 1 rings (SSSR count). The van der Waals surface area contributed by atoms with E-state index in [4.69, 9.17) is 5.11 Å². The molecule has 14 heavy (non-hydrogen) atoms. The molecule has 0 aliphatic carbocycles. The van der Waals surface area contributed by atoms with Crippen LogP contribution in [0.1, 0.15) is 26.2 Å². The molecule has 0 aromatic carbocycles. The van der Waals surface area contributed by atoms with Gasteiger partial charge in [0.05, 0.1) is 24.9 Å². The minimum Gasteiger partial charge on any atom is -0.395 e. The molecule has 84 valence electrons. The lowest BCUT2D eigenvalue weighted by atomic mass is 10.1. The first-order valence-corrected chi connectivity index (χ1v) is 5.41. The van der Waals surface area contributed by atoms with E-state index in [1.807, 2.05) is 4.90 Å². The average molecular weight is 203 g/mol. The van der Waals surface area contributed by atoms with Crippen LogP contribution in [-0.2, 0) is 0 Å². The van der Waals surface area contributed by atoms with Gasteiger partial charge < -0.3 is 15.3 Å². The molecule has 0 amide bonds. The summed E-state index contributed by atoms with van der Waals surface area (Å²) in [4.78, 5) is 1.98. The minimum atomic E-state index is -0.790. The highest BCUT2D eigenvalue weighted by Crippen LogP contribution is 2.18. The fraction of sp³-hybridized carbons (Fsp3) is 1.00. The Morgan fingerprint density at radius 2 is 2.00 bits per heavy atom. The second-order valence-corrected chi connectivity index (χ2v) is 4.01. The van der Waals surface area contributed by atoms with Gasteiger partial charge >= 0.3 is 0 Å². The zero-order valence-electron chi connectivity index (χ0n) is 8.76. The first-order valence-electron chi connectivity index (χ1n) is 5.41. The predicted molar refractivity (Wildman–Crippen MR) is 54.0 cm³/mol. The molecule has 3 atom stereocenters. The summed E-state index contributed by atoms with van der Waals surface area (Å²) in [5, 5.41) is 28.0. The van der Waals surface area contributed by atoms with E-state index in [0.717, 1.165) is 25.8 Å². The van der Waals surface area contributed by atoms with Crippen molar-refractivity contribution < 1.29 is 15.3 Å². The summed E-state index contributed by atoms with van der Waals surface area (Å²) in [7, 11) is 0. The molecule has 4 nitrogen and oxygen atoms in total. The van der Waals surface area contributed by atoms with Crippen molar-refractivity contribution >= 4 is 0 Å². The molecular weight excluding hydrogens is 182 g/mol. The molecule has 1 aliphatic heterocycles. The third kappa shape index (κ3) is 2.67. The highest BCUT2D eigenvalue weighted by Gasteiger charge is 2.38. The molecule has 1 fully saturated rings. The maximum atomic E-state index is 9.53. The number of rotatable bonds is 5. The zero-order chi connectivity index (χ0) is 10.6. The van der Waals surface area contributed by atoms with Crippen LogP contribution in [0.25, 0.3) is 0 Å². The van der Waals surface area contributed by atoms with Gasteiger partial charge in [-0.25, -0.2) is 0 Å². The van der Waals surface area contributed by atoms with Gasteiger partial charge in [-0.2, -0.15) is 0 Å². The Morgan fingerprint density at radius 1 is 1.29 bits per heavy atom. The monoisotopic (exact) mass is 203 g/mol. The van der Waals surface area contributed by atoms with E-state index in [2.05, 4.69) is 6.92 Å². The molecule has 1 heterocycles. The molecule has 0 radical (unpaired) electrons. The van der Waals surface area contributed by atoms with Gasteiger partial charge in [-0.1, -0.05) is 19.8 Å². The summed E-state index contributed by atoms with van der Waals surface area (Å²) in [6.45, 7) is 3.39. The van der Waals surface area contributed by atoms with E-state index < -0.39 is 12.2 Å². The van der Waals surface area contributed by atoms with Gasteiger partial charge in [-0.3, -0.25) is 4.90 Å². The quantitative estimate of drug-likeness (QED) is 0.531. The van der Waals surface area contributed by atoms with Crippen LogP contribution >= 0.6 is 0 Å². The van der Waals surface area contributed by atoms with Crippen LogP contribution in [0.4, 0.5) is 0 Å². The number of hydrogen-bond donors (Lipinski definition) is 3. The smallest absolute Gasteiger partial charge is 0.0988 e. The van der Waals surface area contributed by atoms with E-state index in [1.165, 1.54) is 0 Å². The minimum absolute atomic E-state index is 0.0790. The van der Waals surface area contributed by atoms with Gasteiger partial charge in [0.15, 0.2) is 0 Å². The average Bonchev–Trinajstić information content (AvgIpc) is 2.43. The van der Waals surface area contributed by atoms with Crippen molar-refractivity contribution in [2.75, 3.05) is 19.7 Å². The molecule has 0 spiro atoms. The topological polar surface area (TPSA) is 63.9 Å². The summed E-state index contributed by atoms with van der Waals surface area (Å²) >= 11 is 0. The van der Waals surface area contributed by atoms with Gasteiger partial charge in [0.25, 0.3) is 0 Å². The van der Waals surface area contributed by atoms with E-state index in [-0.39, 0.29) is 12.6 Å². The Hall–Kier alpha value is -0.160. The van der Waals surface area contributed by atoms with Crippen molar-refractivity contribution in [2.45, 2.75) is 44.4 Å². The van der Waals surface area contributed by atoms with Gasteiger partial charge in [0.1, 0.15) is 0 Å². The van der Waals surface area contributed by atoms with Crippen LogP contribution in [0.15, 0.2) is 0 Å². The van der Waals surface area contributed by atoms with Crippen LogP contribution in [0.3, 0.4) is 0 Å². The summed E-state index contributed by atoms with van der Waals surface area (Å²) in [5.74, 6) is 0. The lowest BCUT2D eigenvalue weighted by Crippen LogP contribution is -2.39. The Kier molecular flexibility index (Phi) is 4.81. The number of likely N-dealkylation sites (tertiary alicyclic amines) is 1. The first kappa shape index (κ1) is 11.9. The number of unbranched alkanes of at least 4 members (excludes halogenated alkanes) is 2. The van der Waals surface area contributed by atoms with Gasteiger partial charge in [0.2, 0.25) is 0 Å². The molecule has 0 aromatic rings. The number of aliphatic hydroxyl groups excluding tert-OH is 3. The number of aliphatic hydroxyl groups is 3. The van der Waals surface area contributed by atoms with Crippen LogP contribution in [0.5, 0.6) is 0 Å². The van der Waals surface area contributed by atoms with Crippen molar-refractivity contribution in [1.82, 2.24) is 4.90 Å². The summed E-state index contributed by atoms with van der Waals surface area (Å²) in [5.41, 5.74) is 0. The predicted octanol–water partition coefficient (Wildman–Crippen LogP) is -0.425. The lowest BCUT2D eigenvalue weighted by molar-refractivity contribution is 0.0216. The van der Waals surface area contributed by atoms with Crippen LogP contribution in [0, 0.1) is 0 Å². The summed E-state index contributed by atoms with van der Waals surface area (Å²) in [6.07, 6.45) is 1.88. The normalized spacial score (nSPS) is 33.9. The second-order valence-electron chi connectivity index (χ2n) is 4.01. The van der Waals surface area contributed by atoms with Crippen molar-refractivity contribution in [2.24, 2.45) is 0 Å². The summed E-state index contributed by atoms with van der Waals surface area (Å²) in [6, 6.07) is -0.276. The molecule has 0 saturated carbocycles. The fourth-order valence-corrected chi connectivity index (χ4v) is 2.00. The third-order valence-corrected chi connectivity index (χ3v) is 2.91. The molecule has 1 saturated heterocycles. The van der Waals surface area contributed by atoms with Crippen molar-refractivity contribution in [3.63, 3.8) is 0 Å². The molecular formula is C10H21NO3. The van der Waals surface area contributed by atoms with Crippen LogP contribution in [0.2, 0.25) is 0 Å². The number of β-amino-alcohol motifs (C(OH)–C–C–N with tert-alkyl or cyclic N) is 1. The SMILES string of the molecule is CCCCCN1C[C@H](O)[C@@H](O)[C@@H]1CO. The second kappa shape index (κ2) is 5.66. The van der Waals surface area contributed by atoms with E-state index in [1.54, 1.807) is 0 Å². The number of nitrogens with zero attached hydrogens (tertiary/aromatic N) is 1. The highest BCUT2D eigenvalue weighted by molar-refractivity contribution is 4.92. The Balaban J connectivity index is 2.36. The standard InChI is InChI=1S/C10H21NO3/c1-2-3-4-5-11-6-9(13)10(14)8(11)7-12/h8-10,12-14H,2-7H2,1H3/t8-,9-,10-/m0/s1. The largest absolute Gasteiger partial charge is 0.395 e. The van der Waals surface area contributed by atoms with Crippen molar-refractivity contribution in [3.8, 4) is 0 Å². The highest BCUT2D eigenvalue weighted by atomic mass is 16.3. The maximum absolute atomic E-state index is 9.53. The van der Waals surface area contributed by atoms with Crippen LogP contribution in [-0.4, -0.2) is 58.2 Å². The zero-order valence-corrected chi connectivity index (χ0v) is 8.76. The Bertz CT molecular complexity index is 165. The van der Waals surface area contributed by atoms with E-state index in [0.29, 0.717) is 6.54 Å². The molecule has 1 aliphatic rings. The molecule has 0 bridgehead atoms. The Morgan fingerprint density at radius 3 is 2.57 bits per heavy atom. The summed E-state index contributed by atoms with van der Waals surface area (Å²) < 4.78 is 0.